The normalized spacial score (nSPS) is 12.3. The van der Waals surface area contributed by atoms with Crippen LogP contribution < -0.4 is 0 Å². The van der Waals surface area contributed by atoms with Crippen LogP contribution in [0.5, 0.6) is 0 Å². The lowest BCUT2D eigenvalue weighted by Gasteiger charge is -2.26. The van der Waals surface area contributed by atoms with Crippen molar-refractivity contribution in [3.63, 3.8) is 0 Å². The third-order valence-electron chi connectivity index (χ3n) is 3.18. The van der Waals surface area contributed by atoms with Gasteiger partial charge in [-0.15, -0.1) is 18.4 Å². The zero-order chi connectivity index (χ0) is 14.8. The van der Waals surface area contributed by atoms with E-state index in [0.29, 0.717) is 0 Å². The van der Waals surface area contributed by atoms with Crippen molar-refractivity contribution in [1.29, 1.82) is 0 Å². The molecule has 108 valence electrons. The molecule has 0 heterocycles. The van der Waals surface area contributed by atoms with Gasteiger partial charge in [0.15, 0.2) is 0 Å². The smallest absolute Gasteiger partial charge is 0.211 e. The molecule has 0 fully saturated rings. The Hall–Kier alpha value is -1.30. The molecule has 1 atom stereocenters. The second kappa shape index (κ2) is 8.79. The van der Waals surface area contributed by atoms with Crippen molar-refractivity contribution in [1.82, 2.24) is 0 Å². The Morgan fingerprint density at radius 1 is 1.25 bits per heavy atom. The van der Waals surface area contributed by atoms with Gasteiger partial charge in [0.05, 0.1) is 6.10 Å². The molecule has 0 saturated carbocycles. The van der Waals surface area contributed by atoms with Crippen LogP contribution in [0, 0.1) is 11.8 Å². The molecule has 0 N–H and O–H groups in total. The lowest BCUT2D eigenvalue weighted by atomic mass is 10.1. The van der Waals surface area contributed by atoms with Crippen LogP contribution >= 0.6 is 0 Å². The quantitative estimate of drug-likeness (QED) is 0.377. The number of rotatable bonds is 7. The summed E-state index contributed by atoms with van der Waals surface area (Å²) in [5.41, 5.74) is 3.19. The molecule has 1 aromatic rings. The first-order valence-electron chi connectivity index (χ1n) is 7.41. The molecule has 1 nitrogen and oxygen atoms in total. The fraction of sp³-hybridized carbons (Fsp3) is 0.444. The highest BCUT2D eigenvalue weighted by molar-refractivity contribution is 6.76. The van der Waals surface area contributed by atoms with Gasteiger partial charge in [0, 0.05) is 12.8 Å². The molecule has 0 aliphatic heterocycles. The highest BCUT2D eigenvalue weighted by Gasteiger charge is 2.23. The SMILES string of the molecule is C=C[Si](C)(C)OC(CC#CCCCC)c1ccccc1. The Balaban J connectivity index is 2.74. The van der Waals surface area contributed by atoms with Crippen LogP contribution in [0.3, 0.4) is 0 Å². The minimum Gasteiger partial charge on any atom is -0.406 e. The van der Waals surface area contributed by atoms with E-state index in [0.717, 1.165) is 12.8 Å². The second-order valence-corrected chi connectivity index (χ2v) is 9.34. The van der Waals surface area contributed by atoms with Crippen LogP contribution in [-0.2, 0) is 4.43 Å². The van der Waals surface area contributed by atoms with Crippen molar-refractivity contribution in [2.45, 2.75) is 51.8 Å². The third-order valence-corrected chi connectivity index (χ3v) is 5.05. The fourth-order valence-electron chi connectivity index (χ4n) is 1.83. The molecule has 0 aromatic heterocycles. The monoisotopic (exact) mass is 286 g/mol. The van der Waals surface area contributed by atoms with E-state index in [1.807, 2.05) is 11.8 Å². The highest BCUT2D eigenvalue weighted by atomic mass is 28.4. The summed E-state index contributed by atoms with van der Waals surface area (Å²) in [7, 11) is -1.80. The van der Waals surface area contributed by atoms with E-state index in [2.05, 4.69) is 62.7 Å². The van der Waals surface area contributed by atoms with E-state index in [-0.39, 0.29) is 6.10 Å². The molecular formula is C18H26OSi. The van der Waals surface area contributed by atoms with Gasteiger partial charge in [0.1, 0.15) is 0 Å². The van der Waals surface area contributed by atoms with Crippen LogP contribution in [0.1, 0.15) is 44.3 Å². The summed E-state index contributed by atoms with van der Waals surface area (Å²) >= 11 is 0. The zero-order valence-electron chi connectivity index (χ0n) is 13.0. The van der Waals surface area contributed by atoms with Crippen molar-refractivity contribution in [2.24, 2.45) is 0 Å². The molecule has 1 rings (SSSR count). The molecule has 0 radical (unpaired) electrons. The predicted molar refractivity (Wildman–Crippen MR) is 89.9 cm³/mol. The molecule has 0 spiro atoms. The zero-order valence-corrected chi connectivity index (χ0v) is 14.0. The number of hydrogen-bond donors (Lipinski definition) is 0. The van der Waals surface area contributed by atoms with Gasteiger partial charge < -0.3 is 4.43 Å². The maximum Gasteiger partial charge on any atom is 0.211 e. The van der Waals surface area contributed by atoms with Gasteiger partial charge in [-0.1, -0.05) is 49.4 Å². The lowest BCUT2D eigenvalue weighted by molar-refractivity contribution is 0.206. The molecule has 0 saturated heterocycles. The predicted octanol–water partition coefficient (Wildman–Crippen LogP) is 5.26. The Kier molecular flexibility index (Phi) is 7.36. The van der Waals surface area contributed by atoms with E-state index >= 15 is 0 Å². The van der Waals surface area contributed by atoms with Crippen LogP contribution in [0.4, 0.5) is 0 Å². The molecule has 2 heteroatoms. The topological polar surface area (TPSA) is 9.23 Å². The first kappa shape index (κ1) is 16.8. The van der Waals surface area contributed by atoms with E-state index < -0.39 is 8.32 Å². The molecule has 0 bridgehead atoms. The third kappa shape index (κ3) is 6.23. The van der Waals surface area contributed by atoms with Gasteiger partial charge in [-0.2, -0.15) is 0 Å². The van der Waals surface area contributed by atoms with E-state index in [1.165, 1.54) is 18.4 Å². The van der Waals surface area contributed by atoms with Gasteiger partial charge in [-0.3, -0.25) is 0 Å². The molecular weight excluding hydrogens is 260 g/mol. The van der Waals surface area contributed by atoms with Gasteiger partial charge in [0.25, 0.3) is 0 Å². The van der Waals surface area contributed by atoms with E-state index in [4.69, 9.17) is 4.43 Å². The van der Waals surface area contributed by atoms with Gasteiger partial charge in [-0.25, -0.2) is 0 Å². The molecule has 20 heavy (non-hydrogen) atoms. The summed E-state index contributed by atoms with van der Waals surface area (Å²) < 4.78 is 6.30. The first-order chi connectivity index (χ1) is 9.59. The molecule has 1 unspecified atom stereocenters. The number of benzene rings is 1. The van der Waals surface area contributed by atoms with E-state index in [9.17, 15) is 0 Å². The summed E-state index contributed by atoms with van der Waals surface area (Å²) in [6, 6.07) is 10.4. The summed E-state index contributed by atoms with van der Waals surface area (Å²) in [5.74, 6) is 6.53. The Labute approximate surface area is 125 Å². The molecule has 1 aromatic carbocycles. The van der Waals surface area contributed by atoms with Crippen molar-refractivity contribution in [3.8, 4) is 11.8 Å². The van der Waals surface area contributed by atoms with Crippen molar-refractivity contribution in [3.05, 3.63) is 48.2 Å². The van der Waals surface area contributed by atoms with Crippen LogP contribution in [0.2, 0.25) is 13.1 Å². The Morgan fingerprint density at radius 2 is 1.95 bits per heavy atom. The van der Waals surface area contributed by atoms with Crippen LogP contribution in [0.25, 0.3) is 0 Å². The van der Waals surface area contributed by atoms with Crippen molar-refractivity contribution < 1.29 is 4.43 Å². The fourth-order valence-corrected chi connectivity index (χ4v) is 2.88. The maximum atomic E-state index is 6.30. The summed E-state index contributed by atoms with van der Waals surface area (Å²) in [6.45, 7) is 10.4. The van der Waals surface area contributed by atoms with Gasteiger partial charge in [0.2, 0.25) is 8.32 Å². The lowest BCUT2D eigenvalue weighted by Crippen LogP contribution is -2.29. The second-order valence-electron chi connectivity index (χ2n) is 5.49. The minimum absolute atomic E-state index is 0.0602. The summed E-state index contributed by atoms with van der Waals surface area (Å²) in [5, 5.41) is 0. The molecule has 0 aliphatic rings. The minimum atomic E-state index is -1.80. The van der Waals surface area contributed by atoms with E-state index in [1.54, 1.807) is 0 Å². The number of hydrogen-bond acceptors (Lipinski definition) is 1. The van der Waals surface area contributed by atoms with Crippen LogP contribution in [0.15, 0.2) is 42.6 Å². The van der Waals surface area contributed by atoms with Crippen molar-refractivity contribution >= 4 is 8.32 Å². The average molecular weight is 286 g/mol. The van der Waals surface area contributed by atoms with Gasteiger partial charge >= 0.3 is 0 Å². The first-order valence-corrected chi connectivity index (χ1v) is 10.4. The van der Waals surface area contributed by atoms with Crippen molar-refractivity contribution in [2.75, 3.05) is 0 Å². The Bertz CT molecular complexity index is 453. The molecule has 0 aliphatic carbocycles. The number of unbranched alkanes of at least 4 members (excludes halogenated alkanes) is 2. The molecule has 0 amide bonds. The maximum absolute atomic E-state index is 6.30. The highest BCUT2D eigenvalue weighted by Crippen LogP contribution is 2.25. The van der Waals surface area contributed by atoms with Crippen LogP contribution in [-0.4, -0.2) is 8.32 Å². The average Bonchev–Trinajstić information content (AvgIpc) is 2.46. The summed E-state index contributed by atoms with van der Waals surface area (Å²) in [4.78, 5) is 0. The Morgan fingerprint density at radius 3 is 2.55 bits per heavy atom. The summed E-state index contributed by atoms with van der Waals surface area (Å²) in [6.07, 6.45) is 4.18. The largest absolute Gasteiger partial charge is 0.406 e. The van der Waals surface area contributed by atoms with Gasteiger partial charge in [-0.05, 0) is 25.1 Å². The standard InChI is InChI=1S/C18H26OSi/c1-5-7-8-9-13-16-18(19-20(3,4)6-2)17-14-11-10-12-15-17/h6,10-12,14-15,18H,2,5,7-8,16H2,1,3-4H3.